The third-order valence-electron chi connectivity index (χ3n) is 5.59. The highest BCUT2D eigenvalue weighted by atomic mass is 19.4. The minimum atomic E-state index is -5.08. The summed E-state index contributed by atoms with van der Waals surface area (Å²) in [5.41, 5.74) is 5.76. The maximum Gasteiger partial charge on any atom is 0.490 e. The number of alkyl halides is 3. The summed E-state index contributed by atoms with van der Waals surface area (Å²) in [5, 5.41) is 8.25. The molecular weight excluding hydrogens is 475 g/mol. The van der Waals surface area contributed by atoms with Crippen LogP contribution in [-0.2, 0) is 11.2 Å². The molecule has 2 aromatic heterocycles. The molecule has 1 N–H and O–H groups in total. The molecule has 0 aliphatic carbocycles. The number of aliphatic carboxylic acids is 1. The summed E-state index contributed by atoms with van der Waals surface area (Å²) < 4.78 is 43.1. The Balaban J connectivity index is 0.000000384. The largest absolute Gasteiger partial charge is 0.497 e. The number of hydrogen-bond acceptors (Lipinski definition) is 6. The first-order chi connectivity index (χ1) is 17.2. The summed E-state index contributed by atoms with van der Waals surface area (Å²) in [6.07, 6.45) is -0.661. The van der Waals surface area contributed by atoms with Gasteiger partial charge in [-0.2, -0.15) is 13.2 Å². The fraction of sp³-hybridized carbons (Fsp3) is 0.192. The van der Waals surface area contributed by atoms with Crippen molar-refractivity contribution in [1.82, 2.24) is 9.97 Å². The Hall–Kier alpha value is -4.34. The highest BCUT2D eigenvalue weighted by Crippen LogP contribution is 2.42. The molecule has 4 aromatic rings. The van der Waals surface area contributed by atoms with Crippen molar-refractivity contribution in [1.29, 1.82) is 0 Å². The fourth-order valence-corrected chi connectivity index (χ4v) is 3.95. The summed E-state index contributed by atoms with van der Waals surface area (Å²) >= 11 is 0. The maximum absolute atomic E-state index is 10.6. The van der Waals surface area contributed by atoms with Crippen LogP contribution in [0.15, 0.2) is 67.0 Å². The van der Waals surface area contributed by atoms with Crippen LogP contribution in [0.5, 0.6) is 17.2 Å². The molecule has 0 saturated carbocycles. The molecule has 7 nitrogen and oxygen atoms in total. The van der Waals surface area contributed by atoms with Crippen LogP contribution in [0.3, 0.4) is 0 Å². The lowest BCUT2D eigenvalue weighted by Gasteiger charge is -2.22. The predicted octanol–water partition coefficient (Wildman–Crippen LogP) is 6.07. The number of nitrogens with zero attached hydrogens (tertiary/aromatic N) is 3. The Labute approximate surface area is 204 Å². The van der Waals surface area contributed by atoms with E-state index in [1.165, 1.54) is 11.3 Å². The number of benzene rings is 2. The molecule has 0 radical (unpaired) electrons. The molecule has 186 valence electrons. The lowest BCUT2D eigenvalue weighted by Crippen LogP contribution is -2.21. The maximum atomic E-state index is 10.6. The van der Waals surface area contributed by atoms with Crippen molar-refractivity contribution in [3.05, 3.63) is 78.2 Å². The van der Waals surface area contributed by atoms with E-state index in [1.54, 1.807) is 19.5 Å². The minimum absolute atomic E-state index is 0.728. The van der Waals surface area contributed by atoms with Crippen LogP contribution in [-0.4, -0.2) is 40.9 Å². The molecule has 0 amide bonds. The second-order valence-electron chi connectivity index (χ2n) is 7.90. The van der Waals surface area contributed by atoms with E-state index in [-0.39, 0.29) is 0 Å². The second-order valence-corrected chi connectivity index (χ2v) is 7.90. The fourth-order valence-electron chi connectivity index (χ4n) is 3.95. The number of fused-ring (bicyclic) bond motifs is 3. The van der Waals surface area contributed by atoms with Crippen LogP contribution in [0, 0.1) is 6.92 Å². The van der Waals surface area contributed by atoms with Crippen LogP contribution in [0.2, 0.25) is 0 Å². The van der Waals surface area contributed by atoms with Gasteiger partial charge in [-0.1, -0.05) is 0 Å². The van der Waals surface area contributed by atoms with Gasteiger partial charge in [0.1, 0.15) is 17.2 Å². The van der Waals surface area contributed by atoms with Crippen molar-refractivity contribution < 1.29 is 32.5 Å². The Morgan fingerprint density at radius 1 is 1.06 bits per heavy atom. The zero-order chi connectivity index (χ0) is 25.9. The molecule has 36 heavy (non-hydrogen) atoms. The van der Waals surface area contributed by atoms with Gasteiger partial charge in [0.15, 0.2) is 0 Å². The molecule has 1 aliphatic heterocycles. The zero-order valence-corrected chi connectivity index (χ0v) is 19.4. The summed E-state index contributed by atoms with van der Waals surface area (Å²) in [6, 6.07) is 18.0. The zero-order valence-electron chi connectivity index (χ0n) is 19.4. The first-order valence-corrected chi connectivity index (χ1v) is 10.9. The SMILES string of the molecule is COc1ccc2nc(C)c3c(c2c1)N(c1ccc(Oc2cccnc2)cc1)CC3.O=C(O)C(F)(F)F. The number of anilines is 2. The van der Waals surface area contributed by atoms with E-state index in [9.17, 15) is 13.2 Å². The molecule has 1 aliphatic rings. The quantitative estimate of drug-likeness (QED) is 0.367. The third kappa shape index (κ3) is 5.32. The molecule has 2 aromatic carbocycles. The number of ether oxygens (including phenoxy) is 2. The highest BCUT2D eigenvalue weighted by Gasteiger charge is 2.38. The number of pyridine rings is 2. The van der Waals surface area contributed by atoms with E-state index in [0.29, 0.717) is 0 Å². The number of halogens is 3. The van der Waals surface area contributed by atoms with Crippen LogP contribution in [0.25, 0.3) is 10.9 Å². The van der Waals surface area contributed by atoms with Crippen molar-refractivity contribution in [3.63, 3.8) is 0 Å². The van der Waals surface area contributed by atoms with Gasteiger partial charge in [-0.3, -0.25) is 9.97 Å². The van der Waals surface area contributed by atoms with Gasteiger partial charge in [0.05, 0.1) is 24.5 Å². The van der Waals surface area contributed by atoms with Gasteiger partial charge < -0.3 is 19.5 Å². The van der Waals surface area contributed by atoms with Gasteiger partial charge in [-0.15, -0.1) is 0 Å². The van der Waals surface area contributed by atoms with Crippen molar-refractivity contribution in [3.8, 4) is 17.2 Å². The molecule has 0 atom stereocenters. The van der Waals surface area contributed by atoms with Crippen LogP contribution in [0.1, 0.15) is 11.3 Å². The molecule has 5 rings (SSSR count). The Morgan fingerprint density at radius 2 is 1.75 bits per heavy atom. The van der Waals surface area contributed by atoms with Gasteiger partial charge in [0, 0.05) is 29.5 Å². The van der Waals surface area contributed by atoms with Gasteiger partial charge >= 0.3 is 12.1 Å². The van der Waals surface area contributed by atoms with Crippen molar-refractivity contribution in [2.24, 2.45) is 0 Å². The lowest BCUT2D eigenvalue weighted by molar-refractivity contribution is -0.192. The van der Waals surface area contributed by atoms with E-state index in [2.05, 4.69) is 35.0 Å². The summed E-state index contributed by atoms with van der Waals surface area (Å²) in [5.74, 6) is -0.393. The van der Waals surface area contributed by atoms with Crippen LogP contribution in [0.4, 0.5) is 24.5 Å². The Bertz CT molecular complexity index is 1380. The topological polar surface area (TPSA) is 84.8 Å². The number of carbonyl (C=O) groups is 1. The molecule has 0 bridgehead atoms. The smallest absolute Gasteiger partial charge is 0.490 e. The lowest BCUT2D eigenvalue weighted by atomic mass is 10.1. The highest BCUT2D eigenvalue weighted by molar-refractivity contribution is 5.98. The number of rotatable bonds is 4. The number of aromatic nitrogens is 2. The Kier molecular flexibility index (Phi) is 6.96. The summed E-state index contributed by atoms with van der Waals surface area (Å²) in [4.78, 5) is 20.1. The van der Waals surface area contributed by atoms with E-state index >= 15 is 0 Å². The number of aryl methyl sites for hydroxylation is 1. The number of carboxylic acid groups (broad SMARTS) is 1. The number of methoxy groups -OCH3 is 1. The van der Waals surface area contributed by atoms with Crippen molar-refractivity contribution >= 4 is 28.2 Å². The molecule has 0 saturated heterocycles. The Morgan fingerprint density at radius 3 is 2.36 bits per heavy atom. The van der Waals surface area contributed by atoms with Crippen molar-refractivity contribution in [2.75, 3.05) is 18.6 Å². The van der Waals surface area contributed by atoms with Crippen LogP contribution >= 0.6 is 0 Å². The van der Waals surface area contributed by atoms with Gasteiger partial charge in [0.2, 0.25) is 0 Å². The summed E-state index contributed by atoms with van der Waals surface area (Å²) in [7, 11) is 1.70. The monoisotopic (exact) mass is 497 g/mol. The minimum Gasteiger partial charge on any atom is -0.497 e. The predicted molar refractivity (Wildman–Crippen MR) is 128 cm³/mol. The molecule has 10 heteroatoms. The summed E-state index contributed by atoms with van der Waals surface area (Å²) in [6.45, 7) is 3.02. The van der Waals surface area contributed by atoms with Crippen LogP contribution < -0.4 is 14.4 Å². The second kappa shape index (κ2) is 10.1. The third-order valence-corrected chi connectivity index (χ3v) is 5.59. The first kappa shape index (κ1) is 24.8. The molecule has 0 fully saturated rings. The van der Waals surface area contributed by atoms with E-state index in [0.717, 1.165) is 52.5 Å². The average Bonchev–Trinajstić information content (AvgIpc) is 3.31. The molecule has 3 heterocycles. The van der Waals surface area contributed by atoms with Crippen molar-refractivity contribution in [2.45, 2.75) is 19.5 Å². The first-order valence-electron chi connectivity index (χ1n) is 10.9. The average molecular weight is 497 g/mol. The van der Waals surface area contributed by atoms with E-state index in [1.807, 2.05) is 36.4 Å². The number of carboxylic acids is 1. The van der Waals surface area contributed by atoms with Gasteiger partial charge in [-0.25, -0.2) is 4.79 Å². The van der Waals surface area contributed by atoms with E-state index < -0.39 is 12.1 Å². The van der Waals surface area contributed by atoms with Gasteiger partial charge in [0.25, 0.3) is 0 Å². The molecule has 0 unspecified atom stereocenters. The normalized spacial score (nSPS) is 12.5. The van der Waals surface area contributed by atoms with E-state index in [4.69, 9.17) is 24.4 Å². The van der Waals surface area contributed by atoms with Gasteiger partial charge in [-0.05, 0) is 73.5 Å². The number of hydrogen-bond donors (Lipinski definition) is 1. The molecular formula is C26H22F3N3O4. The molecule has 0 spiro atoms. The standard InChI is InChI=1S/C24H21N3O2.C2HF3O2/c1-16-21-11-13-27(24(21)22-14-19(28-2)9-10-23(22)26-16)17-5-7-18(8-6-17)29-20-4-3-12-25-15-20;3-2(4,5)1(6)7/h3-10,12,14-15H,11,13H2,1-2H3;(H,6,7).